The highest BCUT2D eigenvalue weighted by molar-refractivity contribution is 5.67. The molecule has 0 saturated heterocycles. The molecule has 0 fully saturated rings. The Bertz CT molecular complexity index is 318. The van der Waals surface area contributed by atoms with Crippen molar-refractivity contribution < 1.29 is 19.7 Å². The minimum Gasteiger partial charge on any atom is -0.508 e. The number of benzene rings is 1. The minimum atomic E-state index is -0.901. The zero-order valence-electron chi connectivity index (χ0n) is 8.51. The maximum Gasteiger partial charge on any atom is 0.306 e. The second-order valence-electron chi connectivity index (χ2n) is 3.13. The number of phenols is 1. The van der Waals surface area contributed by atoms with E-state index in [1.165, 1.54) is 12.1 Å². The molecule has 4 heteroatoms. The van der Waals surface area contributed by atoms with Gasteiger partial charge in [0.25, 0.3) is 0 Å². The fourth-order valence-electron chi connectivity index (χ4n) is 1.32. The maximum absolute atomic E-state index is 10.6. The molecule has 0 bridgehead atoms. The maximum atomic E-state index is 10.6. The third kappa shape index (κ3) is 3.59. The first-order chi connectivity index (χ1) is 7.13. The molecule has 0 saturated carbocycles. The SMILES string of the molecule is CCOC(CC(=O)O)c1ccc(O)cc1. The number of aliphatic carboxylic acids is 1. The number of carboxylic acids is 1. The number of hydrogen-bond donors (Lipinski definition) is 2. The van der Waals surface area contributed by atoms with E-state index in [0.29, 0.717) is 6.61 Å². The van der Waals surface area contributed by atoms with Crippen LogP contribution in [0.2, 0.25) is 0 Å². The second kappa shape index (κ2) is 5.36. The summed E-state index contributed by atoms with van der Waals surface area (Å²) in [7, 11) is 0. The van der Waals surface area contributed by atoms with Crippen LogP contribution in [0.15, 0.2) is 24.3 Å². The zero-order chi connectivity index (χ0) is 11.3. The third-order valence-corrected chi connectivity index (χ3v) is 1.99. The van der Waals surface area contributed by atoms with E-state index >= 15 is 0 Å². The van der Waals surface area contributed by atoms with Crippen LogP contribution < -0.4 is 0 Å². The molecule has 1 aromatic rings. The fourth-order valence-corrected chi connectivity index (χ4v) is 1.32. The number of rotatable bonds is 5. The van der Waals surface area contributed by atoms with Gasteiger partial charge in [0, 0.05) is 6.61 Å². The lowest BCUT2D eigenvalue weighted by Crippen LogP contribution is -2.09. The van der Waals surface area contributed by atoms with Crippen molar-refractivity contribution in [1.82, 2.24) is 0 Å². The van der Waals surface area contributed by atoms with Crippen molar-refractivity contribution in [2.24, 2.45) is 0 Å². The summed E-state index contributed by atoms with van der Waals surface area (Å²) in [6.45, 7) is 2.27. The average Bonchev–Trinajstić information content (AvgIpc) is 2.17. The Morgan fingerprint density at radius 2 is 2.00 bits per heavy atom. The minimum absolute atomic E-state index is 0.0708. The van der Waals surface area contributed by atoms with Crippen LogP contribution in [-0.2, 0) is 9.53 Å². The van der Waals surface area contributed by atoms with Crippen molar-refractivity contribution in [3.05, 3.63) is 29.8 Å². The van der Waals surface area contributed by atoms with Crippen molar-refractivity contribution in [2.75, 3.05) is 6.61 Å². The molecule has 0 amide bonds. The van der Waals surface area contributed by atoms with Crippen molar-refractivity contribution in [1.29, 1.82) is 0 Å². The summed E-state index contributed by atoms with van der Waals surface area (Å²) in [5, 5.41) is 17.8. The van der Waals surface area contributed by atoms with Gasteiger partial charge in [0.15, 0.2) is 0 Å². The lowest BCUT2D eigenvalue weighted by Gasteiger charge is -2.15. The molecule has 15 heavy (non-hydrogen) atoms. The molecule has 0 radical (unpaired) electrons. The lowest BCUT2D eigenvalue weighted by molar-refractivity contribution is -0.140. The van der Waals surface area contributed by atoms with E-state index in [4.69, 9.17) is 14.9 Å². The van der Waals surface area contributed by atoms with Gasteiger partial charge in [-0.15, -0.1) is 0 Å². The fraction of sp³-hybridized carbons (Fsp3) is 0.364. The van der Waals surface area contributed by atoms with Crippen molar-refractivity contribution in [2.45, 2.75) is 19.4 Å². The number of phenolic OH excluding ortho intramolecular Hbond substituents is 1. The van der Waals surface area contributed by atoms with Crippen LogP contribution in [0.3, 0.4) is 0 Å². The molecular formula is C11H14O4. The van der Waals surface area contributed by atoms with Crippen LogP contribution in [0.5, 0.6) is 5.75 Å². The summed E-state index contributed by atoms with van der Waals surface area (Å²) in [4.78, 5) is 10.6. The summed E-state index contributed by atoms with van der Waals surface area (Å²) in [5.41, 5.74) is 0.761. The van der Waals surface area contributed by atoms with Gasteiger partial charge >= 0.3 is 5.97 Å². The highest BCUT2D eigenvalue weighted by atomic mass is 16.5. The van der Waals surface area contributed by atoms with Crippen LogP contribution in [0.4, 0.5) is 0 Å². The third-order valence-electron chi connectivity index (χ3n) is 1.99. The van der Waals surface area contributed by atoms with Crippen molar-refractivity contribution in [3.8, 4) is 5.75 Å². The van der Waals surface area contributed by atoms with E-state index < -0.39 is 12.1 Å². The Kier molecular flexibility index (Phi) is 4.12. The highest BCUT2D eigenvalue weighted by Crippen LogP contribution is 2.23. The van der Waals surface area contributed by atoms with Crippen LogP contribution in [0.25, 0.3) is 0 Å². The predicted octanol–water partition coefficient (Wildman–Crippen LogP) is 1.94. The number of carbonyl (C=O) groups is 1. The molecule has 4 nitrogen and oxygen atoms in total. The van der Waals surface area contributed by atoms with Gasteiger partial charge in [-0.05, 0) is 24.6 Å². The Hall–Kier alpha value is -1.55. The van der Waals surface area contributed by atoms with E-state index in [1.807, 2.05) is 6.92 Å². The molecule has 2 N–H and O–H groups in total. The van der Waals surface area contributed by atoms with Crippen LogP contribution in [0, 0.1) is 0 Å². The van der Waals surface area contributed by atoms with Crippen molar-refractivity contribution >= 4 is 5.97 Å². The van der Waals surface area contributed by atoms with E-state index in [1.54, 1.807) is 12.1 Å². The van der Waals surface area contributed by atoms with Crippen molar-refractivity contribution in [3.63, 3.8) is 0 Å². The van der Waals surface area contributed by atoms with Crippen LogP contribution in [-0.4, -0.2) is 22.8 Å². The van der Waals surface area contributed by atoms with E-state index in [2.05, 4.69) is 0 Å². The molecule has 1 unspecified atom stereocenters. The van der Waals surface area contributed by atoms with Gasteiger partial charge in [0.2, 0.25) is 0 Å². The van der Waals surface area contributed by atoms with Gasteiger partial charge < -0.3 is 14.9 Å². The standard InChI is InChI=1S/C11H14O4/c1-2-15-10(7-11(13)14)8-3-5-9(12)6-4-8/h3-6,10,12H,2,7H2,1H3,(H,13,14). The quantitative estimate of drug-likeness (QED) is 0.779. The molecule has 0 aliphatic rings. The van der Waals surface area contributed by atoms with Gasteiger partial charge in [0.1, 0.15) is 5.75 Å². The average molecular weight is 210 g/mol. The largest absolute Gasteiger partial charge is 0.508 e. The Balaban J connectivity index is 2.78. The number of ether oxygens (including phenoxy) is 1. The molecule has 0 aromatic heterocycles. The first-order valence-corrected chi connectivity index (χ1v) is 4.75. The smallest absolute Gasteiger partial charge is 0.306 e. The molecule has 1 atom stereocenters. The molecule has 82 valence electrons. The molecule has 0 aliphatic carbocycles. The molecular weight excluding hydrogens is 196 g/mol. The highest BCUT2D eigenvalue weighted by Gasteiger charge is 2.15. The van der Waals surface area contributed by atoms with Gasteiger partial charge in [-0.3, -0.25) is 4.79 Å². The molecule has 0 spiro atoms. The van der Waals surface area contributed by atoms with Gasteiger partial charge in [-0.25, -0.2) is 0 Å². The number of hydrogen-bond acceptors (Lipinski definition) is 3. The number of aromatic hydroxyl groups is 1. The lowest BCUT2D eigenvalue weighted by atomic mass is 10.1. The monoisotopic (exact) mass is 210 g/mol. The Labute approximate surface area is 88.1 Å². The van der Waals surface area contributed by atoms with E-state index in [-0.39, 0.29) is 12.2 Å². The molecule has 0 aliphatic heterocycles. The van der Waals surface area contributed by atoms with Crippen LogP contribution in [0.1, 0.15) is 25.0 Å². The second-order valence-corrected chi connectivity index (χ2v) is 3.13. The van der Waals surface area contributed by atoms with E-state index in [0.717, 1.165) is 5.56 Å². The zero-order valence-corrected chi connectivity index (χ0v) is 8.51. The molecule has 1 aromatic carbocycles. The van der Waals surface area contributed by atoms with E-state index in [9.17, 15) is 4.79 Å². The first-order valence-electron chi connectivity index (χ1n) is 4.75. The Morgan fingerprint density at radius 1 is 1.40 bits per heavy atom. The summed E-state index contributed by atoms with van der Waals surface area (Å²) >= 11 is 0. The number of carboxylic acid groups (broad SMARTS) is 1. The predicted molar refractivity (Wildman–Crippen MR) is 54.7 cm³/mol. The van der Waals surface area contributed by atoms with Gasteiger partial charge in [-0.2, -0.15) is 0 Å². The molecule has 1 rings (SSSR count). The van der Waals surface area contributed by atoms with Gasteiger partial charge in [-0.1, -0.05) is 12.1 Å². The summed E-state index contributed by atoms with van der Waals surface area (Å²) in [6, 6.07) is 6.36. The Morgan fingerprint density at radius 3 is 2.47 bits per heavy atom. The van der Waals surface area contributed by atoms with Crippen LogP contribution >= 0.6 is 0 Å². The summed E-state index contributed by atoms with van der Waals surface area (Å²) in [6.07, 6.45) is -0.522. The normalized spacial score (nSPS) is 12.3. The summed E-state index contributed by atoms with van der Waals surface area (Å²) < 4.78 is 5.32. The topological polar surface area (TPSA) is 66.8 Å². The summed E-state index contributed by atoms with van der Waals surface area (Å²) in [5.74, 6) is -0.745. The van der Waals surface area contributed by atoms with Gasteiger partial charge in [0.05, 0.1) is 12.5 Å². The molecule has 0 heterocycles. The first kappa shape index (κ1) is 11.5.